The molecule has 198 valence electrons. The fourth-order valence-electron chi connectivity index (χ4n) is 5.64. The SMILES string of the molecule is Cc1cc(C2(c3nn(C)c(=O)o3)CCOCC2)c(F)cc1CN1[C@@H](C)CC[C@H](c2ccccc2)S1(=O)=O. The first-order valence-electron chi connectivity index (χ1n) is 12.6. The smallest absolute Gasteiger partial charge is 0.391 e. The van der Waals surface area contributed by atoms with Crippen LogP contribution in [0.5, 0.6) is 0 Å². The second-order valence-corrected chi connectivity index (χ2v) is 12.2. The summed E-state index contributed by atoms with van der Waals surface area (Å²) in [5, 5.41) is 3.64. The molecule has 0 radical (unpaired) electrons. The first-order valence-corrected chi connectivity index (χ1v) is 14.1. The fourth-order valence-corrected chi connectivity index (χ4v) is 7.83. The summed E-state index contributed by atoms with van der Waals surface area (Å²) in [4.78, 5) is 12.1. The number of aryl methyl sites for hydroxylation is 2. The normalized spacial score (nSPS) is 23.7. The predicted octanol–water partition coefficient (Wildman–Crippen LogP) is 3.97. The van der Waals surface area contributed by atoms with E-state index >= 15 is 4.39 Å². The molecule has 2 fully saturated rings. The molecule has 0 unspecified atom stereocenters. The van der Waals surface area contributed by atoms with Gasteiger partial charge < -0.3 is 9.15 Å². The van der Waals surface area contributed by atoms with Gasteiger partial charge in [-0.2, -0.15) is 8.99 Å². The Hall–Kier alpha value is -2.82. The quantitative estimate of drug-likeness (QED) is 0.496. The van der Waals surface area contributed by atoms with Gasteiger partial charge in [0.15, 0.2) is 0 Å². The minimum atomic E-state index is -3.65. The molecule has 2 atom stereocenters. The van der Waals surface area contributed by atoms with Crippen molar-refractivity contribution in [2.45, 2.75) is 62.8 Å². The van der Waals surface area contributed by atoms with E-state index in [-0.39, 0.29) is 18.5 Å². The van der Waals surface area contributed by atoms with E-state index < -0.39 is 32.3 Å². The van der Waals surface area contributed by atoms with Gasteiger partial charge in [0.25, 0.3) is 0 Å². The van der Waals surface area contributed by atoms with Gasteiger partial charge in [-0.15, -0.1) is 5.10 Å². The standard InChI is InChI=1S/C27H32FN3O5S/c1-18-15-22(27(11-13-35-14-12-27)25-29-30(3)26(32)36-25)23(28)16-21(18)17-31-19(2)9-10-24(37(31,33)34)20-7-5-4-6-8-20/h4-8,15-16,19,24H,9-14,17H2,1-3H3/t19-,24+/m0/s1. The average Bonchev–Trinajstić information content (AvgIpc) is 3.22. The summed E-state index contributed by atoms with van der Waals surface area (Å²) < 4.78 is 56.8. The number of rotatable bonds is 5. The van der Waals surface area contributed by atoms with Crippen molar-refractivity contribution in [3.05, 3.63) is 87.0 Å². The average molecular weight is 530 g/mol. The number of sulfonamides is 1. The molecule has 2 aliphatic rings. The van der Waals surface area contributed by atoms with E-state index in [0.717, 1.165) is 22.2 Å². The minimum Gasteiger partial charge on any atom is -0.391 e. The first-order chi connectivity index (χ1) is 17.6. The second kappa shape index (κ2) is 9.81. The Bertz CT molecular complexity index is 1440. The number of ether oxygens (including phenoxy) is 1. The summed E-state index contributed by atoms with van der Waals surface area (Å²) in [6.07, 6.45) is 2.11. The molecule has 0 amide bonds. The maximum absolute atomic E-state index is 15.9. The Balaban J connectivity index is 1.51. The summed E-state index contributed by atoms with van der Waals surface area (Å²) in [5.74, 6) is -0.906. The Morgan fingerprint density at radius 1 is 1.14 bits per heavy atom. The maximum Gasteiger partial charge on any atom is 0.436 e. The molecule has 0 N–H and O–H groups in total. The molecular weight excluding hydrogens is 497 g/mol. The van der Waals surface area contributed by atoms with Gasteiger partial charge in [0.2, 0.25) is 15.9 Å². The molecule has 37 heavy (non-hydrogen) atoms. The molecule has 0 aliphatic carbocycles. The number of hydrogen-bond donors (Lipinski definition) is 0. The van der Waals surface area contributed by atoms with E-state index in [1.165, 1.54) is 17.4 Å². The van der Waals surface area contributed by atoms with Crippen LogP contribution in [0.15, 0.2) is 51.7 Å². The van der Waals surface area contributed by atoms with Gasteiger partial charge in [0.05, 0.1) is 5.41 Å². The van der Waals surface area contributed by atoms with Crippen molar-refractivity contribution in [1.29, 1.82) is 0 Å². The van der Waals surface area contributed by atoms with Crippen LogP contribution in [0.25, 0.3) is 0 Å². The lowest BCUT2D eigenvalue weighted by atomic mass is 9.73. The molecule has 0 spiro atoms. The van der Waals surface area contributed by atoms with Crippen LogP contribution >= 0.6 is 0 Å². The largest absolute Gasteiger partial charge is 0.436 e. The van der Waals surface area contributed by atoms with E-state index in [1.807, 2.05) is 44.2 Å². The van der Waals surface area contributed by atoms with Crippen molar-refractivity contribution in [3.8, 4) is 0 Å². The van der Waals surface area contributed by atoms with Gasteiger partial charge in [-0.3, -0.25) is 0 Å². The van der Waals surface area contributed by atoms with Gasteiger partial charge >= 0.3 is 5.76 Å². The summed E-state index contributed by atoms with van der Waals surface area (Å²) in [6, 6.07) is 12.2. The lowest BCUT2D eigenvalue weighted by Crippen LogP contribution is -2.45. The predicted molar refractivity (Wildman–Crippen MR) is 136 cm³/mol. The summed E-state index contributed by atoms with van der Waals surface area (Å²) in [7, 11) is -2.15. The van der Waals surface area contributed by atoms with Crippen molar-refractivity contribution in [1.82, 2.24) is 14.1 Å². The molecule has 2 saturated heterocycles. The van der Waals surface area contributed by atoms with E-state index in [0.29, 0.717) is 43.6 Å². The summed E-state index contributed by atoms with van der Waals surface area (Å²) >= 11 is 0. The Morgan fingerprint density at radius 3 is 2.49 bits per heavy atom. The molecule has 1 aromatic heterocycles. The number of benzene rings is 2. The highest BCUT2D eigenvalue weighted by molar-refractivity contribution is 7.89. The molecule has 3 heterocycles. The number of nitrogens with zero attached hydrogens (tertiary/aromatic N) is 3. The number of aromatic nitrogens is 2. The first kappa shape index (κ1) is 25.8. The highest BCUT2D eigenvalue weighted by atomic mass is 32.2. The summed E-state index contributed by atoms with van der Waals surface area (Å²) in [5.41, 5.74) is 1.60. The zero-order valence-electron chi connectivity index (χ0n) is 21.3. The fraction of sp³-hybridized carbons (Fsp3) is 0.481. The third kappa shape index (κ3) is 4.55. The summed E-state index contributed by atoms with van der Waals surface area (Å²) in [6.45, 7) is 4.61. The van der Waals surface area contributed by atoms with E-state index in [9.17, 15) is 13.2 Å². The van der Waals surface area contributed by atoms with E-state index in [2.05, 4.69) is 5.10 Å². The van der Waals surface area contributed by atoms with Crippen molar-refractivity contribution in [2.24, 2.45) is 7.05 Å². The minimum absolute atomic E-state index is 0.0879. The Labute approximate surface area is 216 Å². The van der Waals surface area contributed by atoms with Crippen LogP contribution in [-0.4, -0.2) is 41.8 Å². The van der Waals surface area contributed by atoms with Gasteiger partial charge in [-0.25, -0.2) is 17.6 Å². The van der Waals surface area contributed by atoms with Crippen LogP contribution in [0.4, 0.5) is 4.39 Å². The van der Waals surface area contributed by atoms with E-state index in [1.54, 1.807) is 6.07 Å². The van der Waals surface area contributed by atoms with Crippen LogP contribution in [-0.2, 0) is 33.8 Å². The molecule has 10 heteroatoms. The monoisotopic (exact) mass is 529 g/mol. The highest BCUT2D eigenvalue weighted by Gasteiger charge is 2.44. The lowest BCUT2D eigenvalue weighted by molar-refractivity contribution is 0.0528. The van der Waals surface area contributed by atoms with Crippen LogP contribution < -0.4 is 5.76 Å². The molecule has 8 nitrogen and oxygen atoms in total. The molecule has 5 rings (SSSR count). The molecule has 2 aromatic carbocycles. The van der Waals surface area contributed by atoms with E-state index in [4.69, 9.17) is 9.15 Å². The molecule has 2 aliphatic heterocycles. The number of hydrogen-bond acceptors (Lipinski definition) is 6. The molecule has 0 saturated carbocycles. The maximum atomic E-state index is 15.9. The highest BCUT2D eigenvalue weighted by Crippen LogP contribution is 2.43. The molecule has 3 aromatic rings. The van der Waals surface area contributed by atoms with Crippen LogP contribution in [0.1, 0.15) is 66.0 Å². The molecule has 0 bridgehead atoms. The third-order valence-corrected chi connectivity index (χ3v) is 10.3. The third-order valence-electron chi connectivity index (χ3n) is 7.91. The Kier molecular flexibility index (Phi) is 6.84. The van der Waals surface area contributed by atoms with Crippen LogP contribution in [0.3, 0.4) is 0 Å². The van der Waals surface area contributed by atoms with Crippen LogP contribution in [0.2, 0.25) is 0 Å². The van der Waals surface area contributed by atoms with Crippen molar-refractivity contribution in [3.63, 3.8) is 0 Å². The van der Waals surface area contributed by atoms with Gasteiger partial charge in [0.1, 0.15) is 11.1 Å². The van der Waals surface area contributed by atoms with Gasteiger partial charge in [-0.1, -0.05) is 36.4 Å². The van der Waals surface area contributed by atoms with Crippen molar-refractivity contribution in [2.75, 3.05) is 13.2 Å². The Morgan fingerprint density at radius 2 is 1.84 bits per heavy atom. The van der Waals surface area contributed by atoms with Gasteiger partial charge in [-0.05, 0) is 62.3 Å². The van der Waals surface area contributed by atoms with Crippen molar-refractivity contribution < 1.29 is 22.0 Å². The topological polar surface area (TPSA) is 94.6 Å². The zero-order valence-corrected chi connectivity index (χ0v) is 22.1. The zero-order chi connectivity index (χ0) is 26.4. The molecular formula is C27H32FN3O5S. The number of halogens is 1. The van der Waals surface area contributed by atoms with Crippen molar-refractivity contribution >= 4 is 10.0 Å². The second-order valence-electron chi connectivity index (χ2n) is 10.2. The van der Waals surface area contributed by atoms with Gasteiger partial charge in [0, 0.05) is 38.4 Å². The van der Waals surface area contributed by atoms with Crippen LogP contribution in [0, 0.1) is 12.7 Å². The lowest BCUT2D eigenvalue weighted by Gasteiger charge is -2.38.